The molecular formula is C24H33N5O3. The summed E-state index contributed by atoms with van der Waals surface area (Å²) in [6.07, 6.45) is 5.88. The summed E-state index contributed by atoms with van der Waals surface area (Å²) < 4.78 is 11.1. The maximum Gasteiger partial charge on any atom is 0.276 e. The van der Waals surface area contributed by atoms with Gasteiger partial charge >= 0.3 is 0 Å². The molecule has 0 unspecified atom stereocenters. The molecule has 2 aliphatic heterocycles. The second-order valence-electron chi connectivity index (χ2n) is 10.3. The van der Waals surface area contributed by atoms with Gasteiger partial charge in [0, 0.05) is 37.5 Å². The Balaban J connectivity index is 1.47. The van der Waals surface area contributed by atoms with Crippen molar-refractivity contribution >= 4 is 17.4 Å². The van der Waals surface area contributed by atoms with Crippen LogP contribution in [0.1, 0.15) is 73.8 Å². The summed E-state index contributed by atoms with van der Waals surface area (Å²) in [5.41, 5.74) is 11.3. The van der Waals surface area contributed by atoms with Crippen molar-refractivity contribution in [3.8, 4) is 0 Å². The molecule has 2 aromatic rings. The fourth-order valence-electron chi connectivity index (χ4n) is 5.03. The minimum atomic E-state index is -0.232. The number of oxazole rings is 1. The molecule has 1 amide bonds. The summed E-state index contributed by atoms with van der Waals surface area (Å²) in [6.45, 7) is 11.1. The number of pyridine rings is 1. The number of ether oxygens (including phenoxy) is 1. The van der Waals surface area contributed by atoms with E-state index in [2.05, 4.69) is 37.6 Å². The lowest BCUT2D eigenvalue weighted by molar-refractivity contribution is -0.0404. The monoisotopic (exact) mass is 439 g/mol. The zero-order valence-corrected chi connectivity index (χ0v) is 19.4. The SMILES string of the molecule is CC(C)[C@@H]1CN(c2nc(C3CC3)c3c(c2N)CC(C)(C)OC3)CCN1C(=O)c1cocn1. The maximum absolute atomic E-state index is 13.0. The van der Waals surface area contributed by atoms with E-state index < -0.39 is 0 Å². The van der Waals surface area contributed by atoms with Crippen molar-refractivity contribution in [3.05, 3.63) is 35.2 Å². The second-order valence-corrected chi connectivity index (χ2v) is 10.3. The Kier molecular flexibility index (Phi) is 5.15. The molecule has 0 bridgehead atoms. The first-order valence-corrected chi connectivity index (χ1v) is 11.6. The third-order valence-corrected chi connectivity index (χ3v) is 7.04. The molecule has 5 rings (SSSR count). The molecule has 1 saturated carbocycles. The lowest BCUT2D eigenvalue weighted by Gasteiger charge is -2.44. The van der Waals surface area contributed by atoms with E-state index >= 15 is 0 Å². The number of anilines is 2. The number of rotatable bonds is 4. The molecular weight excluding hydrogens is 406 g/mol. The first-order valence-electron chi connectivity index (χ1n) is 11.6. The molecule has 1 aliphatic carbocycles. The first kappa shape index (κ1) is 21.2. The van der Waals surface area contributed by atoms with Crippen LogP contribution in [0.3, 0.4) is 0 Å². The Morgan fingerprint density at radius 1 is 1.25 bits per heavy atom. The number of carbonyl (C=O) groups is 1. The highest BCUT2D eigenvalue weighted by Crippen LogP contribution is 2.46. The van der Waals surface area contributed by atoms with Gasteiger partial charge in [0.1, 0.15) is 6.26 Å². The second kappa shape index (κ2) is 7.76. The Bertz CT molecular complexity index is 1010. The molecule has 1 atom stereocenters. The third kappa shape index (κ3) is 3.74. The lowest BCUT2D eigenvalue weighted by Crippen LogP contribution is -2.57. The van der Waals surface area contributed by atoms with Crippen molar-refractivity contribution in [3.63, 3.8) is 0 Å². The lowest BCUT2D eigenvalue weighted by atomic mass is 9.89. The van der Waals surface area contributed by atoms with Crippen LogP contribution < -0.4 is 10.6 Å². The van der Waals surface area contributed by atoms with Crippen LogP contribution in [0.15, 0.2) is 17.1 Å². The Labute approximate surface area is 189 Å². The van der Waals surface area contributed by atoms with Gasteiger partial charge in [-0.05, 0) is 38.2 Å². The van der Waals surface area contributed by atoms with E-state index in [9.17, 15) is 4.79 Å². The van der Waals surface area contributed by atoms with Gasteiger partial charge < -0.3 is 24.7 Å². The number of carbonyl (C=O) groups excluding carboxylic acids is 1. The highest BCUT2D eigenvalue weighted by Gasteiger charge is 2.39. The average molecular weight is 440 g/mol. The van der Waals surface area contributed by atoms with Gasteiger partial charge in [0.2, 0.25) is 0 Å². The molecule has 0 spiro atoms. The minimum Gasteiger partial charge on any atom is -0.451 e. The number of hydrogen-bond donors (Lipinski definition) is 1. The summed E-state index contributed by atoms with van der Waals surface area (Å²) in [5.74, 6) is 1.59. The summed E-state index contributed by atoms with van der Waals surface area (Å²) in [7, 11) is 0. The van der Waals surface area contributed by atoms with Crippen molar-refractivity contribution in [1.82, 2.24) is 14.9 Å². The first-order chi connectivity index (χ1) is 15.2. The van der Waals surface area contributed by atoms with Gasteiger partial charge in [-0.25, -0.2) is 9.97 Å². The Morgan fingerprint density at radius 2 is 2.03 bits per heavy atom. The number of fused-ring (bicyclic) bond motifs is 1. The van der Waals surface area contributed by atoms with Crippen LogP contribution in [-0.4, -0.2) is 52.1 Å². The summed E-state index contributed by atoms with van der Waals surface area (Å²) >= 11 is 0. The van der Waals surface area contributed by atoms with Crippen molar-refractivity contribution in [1.29, 1.82) is 0 Å². The molecule has 8 nitrogen and oxygen atoms in total. The summed E-state index contributed by atoms with van der Waals surface area (Å²) in [5, 5.41) is 0. The quantitative estimate of drug-likeness (QED) is 0.780. The van der Waals surface area contributed by atoms with Crippen molar-refractivity contribution in [2.24, 2.45) is 5.92 Å². The highest BCUT2D eigenvalue weighted by atomic mass is 16.5. The van der Waals surface area contributed by atoms with E-state index in [1.54, 1.807) is 0 Å². The number of aromatic nitrogens is 2. The molecule has 32 heavy (non-hydrogen) atoms. The van der Waals surface area contributed by atoms with Crippen LogP contribution in [0.4, 0.5) is 11.5 Å². The van der Waals surface area contributed by atoms with Crippen LogP contribution in [0.2, 0.25) is 0 Å². The van der Waals surface area contributed by atoms with Crippen molar-refractivity contribution < 1.29 is 13.9 Å². The van der Waals surface area contributed by atoms with Gasteiger partial charge in [-0.2, -0.15) is 0 Å². The standard InChI is InChI=1S/C24H33N5O3/c1-14(2)19-10-28(7-8-29(19)23(30)18-12-31-13-26-18)22-20(25)16-9-24(3,4)32-11-17(16)21(27-22)15-5-6-15/h12-15,19H,5-11,25H2,1-4H3/t19-/m0/s1. The van der Waals surface area contributed by atoms with Gasteiger partial charge in [0.05, 0.1) is 29.6 Å². The Morgan fingerprint density at radius 3 is 2.69 bits per heavy atom. The van der Waals surface area contributed by atoms with Crippen LogP contribution >= 0.6 is 0 Å². The molecule has 0 radical (unpaired) electrons. The molecule has 2 N–H and O–H groups in total. The predicted octanol–water partition coefficient (Wildman–Crippen LogP) is 3.37. The molecule has 4 heterocycles. The van der Waals surface area contributed by atoms with Gasteiger partial charge in [0.15, 0.2) is 17.9 Å². The van der Waals surface area contributed by atoms with Crippen LogP contribution in [0.25, 0.3) is 0 Å². The fourth-order valence-corrected chi connectivity index (χ4v) is 5.03. The summed E-state index contributed by atoms with van der Waals surface area (Å²) in [4.78, 5) is 26.4. The third-order valence-electron chi connectivity index (χ3n) is 7.04. The number of piperazine rings is 1. The normalized spacial score (nSPS) is 22.8. The number of nitrogens with two attached hydrogens (primary N) is 1. The number of nitrogen functional groups attached to an aromatic ring is 1. The van der Waals surface area contributed by atoms with Crippen LogP contribution in [-0.2, 0) is 17.8 Å². The minimum absolute atomic E-state index is 0.0364. The van der Waals surface area contributed by atoms with Gasteiger partial charge in [-0.15, -0.1) is 0 Å². The summed E-state index contributed by atoms with van der Waals surface area (Å²) in [6, 6.07) is 0.0364. The van der Waals surface area contributed by atoms with Gasteiger partial charge in [0.25, 0.3) is 5.91 Å². The molecule has 172 valence electrons. The van der Waals surface area contributed by atoms with E-state index in [4.69, 9.17) is 19.9 Å². The van der Waals surface area contributed by atoms with E-state index in [-0.39, 0.29) is 23.5 Å². The van der Waals surface area contributed by atoms with Crippen molar-refractivity contribution in [2.75, 3.05) is 30.3 Å². The fraction of sp³-hybridized carbons (Fsp3) is 0.625. The zero-order chi connectivity index (χ0) is 22.6. The molecule has 0 aromatic carbocycles. The van der Waals surface area contributed by atoms with Gasteiger partial charge in [-0.3, -0.25) is 4.79 Å². The van der Waals surface area contributed by atoms with E-state index in [1.165, 1.54) is 42.3 Å². The highest BCUT2D eigenvalue weighted by molar-refractivity contribution is 5.92. The zero-order valence-electron chi connectivity index (χ0n) is 19.4. The smallest absolute Gasteiger partial charge is 0.276 e. The molecule has 1 saturated heterocycles. The number of amides is 1. The molecule has 8 heteroatoms. The average Bonchev–Trinajstić information content (AvgIpc) is 3.46. The topological polar surface area (TPSA) is 97.7 Å². The van der Waals surface area contributed by atoms with Gasteiger partial charge in [-0.1, -0.05) is 13.8 Å². The van der Waals surface area contributed by atoms with Crippen LogP contribution in [0.5, 0.6) is 0 Å². The van der Waals surface area contributed by atoms with E-state index in [0.717, 1.165) is 17.9 Å². The predicted molar refractivity (Wildman–Crippen MR) is 122 cm³/mol. The Hall–Kier alpha value is -2.61. The molecule has 3 aliphatic rings. The maximum atomic E-state index is 13.0. The number of hydrogen-bond acceptors (Lipinski definition) is 7. The van der Waals surface area contributed by atoms with E-state index in [1.807, 2.05) is 4.90 Å². The largest absolute Gasteiger partial charge is 0.451 e. The van der Waals surface area contributed by atoms with Crippen molar-refractivity contribution in [2.45, 2.75) is 71.1 Å². The number of nitrogens with zero attached hydrogens (tertiary/aromatic N) is 4. The molecule has 2 aromatic heterocycles. The molecule has 2 fully saturated rings. The van der Waals surface area contributed by atoms with E-state index in [0.29, 0.717) is 37.9 Å². The van der Waals surface area contributed by atoms with Crippen LogP contribution in [0, 0.1) is 5.92 Å².